The van der Waals surface area contributed by atoms with Crippen molar-refractivity contribution in [1.29, 1.82) is 0 Å². The zero-order valence-corrected chi connectivity index (χ0v) is 20.5. The third-order valence-electron chi connectivity index (χ3n) is 6.25. The molecule has 3 heterocycles. The number of carbonyl (C=O) groups is 2. The Kier molecular flexibility index (Phi) is 6.29. The molecular weight excluding hydrogens is 470 g/mol. The van der Waals surface area contributed by atoms with E-state index in [1.54, 1.807) is 12.3 Å². The molecule has 2 aromatic carbocycles. The maximum atomic E-state index is 11.9. The van der Waals surface area contributed by atoms with Crippen molar-refractivity contribution in [3.63, 3.8) is 0 Å². The van der Waals surface area contributed by atoms with Gasteiger partial charge in [0.05, 0.1) is 27.3 Å². The minimum Gasteiger partial charge on any atom is -0.368 e. The number of anilines is 1. The summed E-state index contributed by atoms with van der Waals surface area (Å²) in [5.74, 6) is -0.375. The number of thioether (sulfide) groups is 1. The number of carbonyl (C=O) groups excluding carboxylic acids is 2. The van der Waals surface area contributed by atoms with E-state index >= 15 is 0 Å². The minimum atomic E-state index is -0.375. The highest BCUT2D eigenvalue weighted by molar-refractivity contribution is 8.18. The maximum absolute atomic E-state index is 11.9. The van der Waals surface area contributed by atoms with Gasteiger partial charge in [0.15, 0.2) is 0 Å². The number of aromatic nitrogens is 2. The number of fused-ring (bicyclic) bond motifs is 1. The third-order valence-corrected chi connectivity index (χ3v) is 7.36. The fraction of sp³-hybridized carbons (Fsp3) is 0.280. The summed E-state index contributed by atoms with van der Waals surface area (Å²) in [6.07, 6.45) is 3.44. The molecule has 1 aromatic heterocycles. The Morgan fingerprint density at radius 2 is 1.88 bits per heavy atom. The van der Waals surface area contributed by atoms with Crippen LogP contribution in [0.5, 0.6) is 0 Å². The summed E-state index contributed by atoms with van der Waals surface area (Å²) in [4.78, 5) is 28.6. The third kappa shape index (κ3) is 4.53. The van der Waals surface area contributed by atoms with Gasteiger partial charge in [0, 0.05) is 43.2 Å². The van der Waals surface area contributed by atoms with E-state index in [0.717, 1.165) is 71.2 Å². The average Bonchev–Trinajstić information content (AvgIpc) is 3.15. The van der Waals surface area contributed by atoms with E-state index in [4.69, 9.17) is 11.6 Å². The Bertz CT molecular complexity index is 1320. The molecule has 174 valence electrons. The lowest BCUT2D eigenvalue weighted by Gasteiger charge is -2.38. The topological polar surface area (TPSA) is 78.4 Å². The van der Waals surface area contributed by atoms with Crippen molar-refractivity contribution < 1.29 is 9.59 Å². The van der Waals surface area contributed by atoms with Crippen LogP contribution in [0.15, 0.2) is 47.5 Å². The van der Waals surface area contributed by atoms with Gasteiger partial charge < -0.3 is 4.90 Å². The molecule has 3 aromatic rings. The van der Waals surface area contributed by atoms with E-state index in [2.05, 4.69) is 51.3 Å². The highest BCUT2D eigenvalue weighted by Crippen LogP contribution is 2.35. The van der Waals surface area contributed by atoms with Gasteiger partial charge in [0.25, 0.3) is 11.1 Å². The molecule has 0 saturated carbocycles. The van der Waals surface area contributed by atoms with Gasteiger partial charge in [-0.1, -0.05) is 23.7 Å². The lowest BCUT2D eigenvalue weighted by molar-refractivity contribution is -0.115. The SMILES string of the molecule is CC(C)N1CCN(c2ccc(-c3cnnc4ccc(C=C5SC(=O)NC5=O)cc34)cc2Cl)CC1. The Labute approximate surface area is 207 Å². The number of benzene rings is 2. The van der Waals surface area contributed by atoms with E-state index < -0.39 is 0 Å². The van der Waals surface area contributed by atoms with Gasteiger partial charge in [-0.15, -0.1) is 0 Å². The molecule has 0 radical (unpaired) electrons. The normalized spacial score (nSPS) is 18.4. The number of halogens is 1. The summed E-state index contributed by atoms with van der Waals surface area (Å²) in [6.45, 7) is 8.40. The van der Waals surface area contributed by atoms with Gasteiger partial charge in [-0.25, -0.2) is 0 Å². The second kappa shape index (κ2) is 9.37. The highest BCUT2D eigenvalue weighted by atomic mass is 35.5. The quantitative estimate of drug-likeness (QED) is 0.523. The molecule has 7 nitrogen and oxygen atoms in total. The lowest BCUT2D eigenvalue weighted by Crippen LogP contribution is -2.49. The van der Waals surface area contributed by atoms with E-state index in [-0.39, 0.29) is 11.1 Å². The Morgan fingerprint density at radius 3 is 2.56 bits per heavy atom. The van der Waals surface area contributed by atoms with Crippen molar-refractivity contribution in [2.24, 2.45) is 0 Å². The molecule has 34 heavy (non-hydrogen) atoms. The van der Waals surface area contributed by atoms with Gasteiger partial charge in [-0.3, -0.25) is 19.8 Å². The first-order chi connectivity index (χ1) is 16.4. The van der Waals surface area contributed by atoms with E-state index in [9.17, 15) is 9.59 Å². The van der Waals surface area contributed by atoms with Crippen LogP contribution in [-0.2, 0) is 4.79 Å². The molecule has 0 spiro atoms. The minimum absolute atomic E-state index is 0.357. The fourth-order valence-electron chi connectivity index (χ4n) is 4.38. The number of hydrogen-bond donors (Lipinski definition) is 1. The molecule has 9 heteroatoms. The zero-order valence-electron chi connectivity index (χ0n) is 18.9. The van der Waals surface area contributed by atoms with E-state index in [1.807, 2.05) is 24.3 Å². The molecule has 2 fully saturated rings. The van der Waals surface area contributed by atoms with Crippen molar-refractivity contribution in [3.8, 4) is 11.1 Å². The van der Waals surface area contributed by atoms with Gasteiger partial charge >= 0.3 is 0 Å². The molecule has 2 amide bonds. The van der Waals surface area contributed by atoms with Crippen LogP contribution in [0.3, 0.4) is 0 Å². The van der Waals surface area contributed by atoms with Crippen molar-refractivity contribution in [3.05, 3.63) is 58.1 Å². The molecule has 2 aliphatic heterocycles. The maximum Gasteiger partial charge on any atom is 0.290 e. The summed E-state index contributed by atoms with van der Waals surface area (Å²) >= 11 is 7.66. The summed E-state index contributed by atoms with van der Waals surface area (Å²) < 4.78 is 0. The molecule has 0 unspecified atom stereocenters. The van der Waals surface area contributed by atoms with Crippen molar-refractivity contribution in [1.82, 2.24) is 20.4 Å². The number of rotatable bonds is 4. The number of imide groups is 1. The number of piperazine rings is 1. The molecule has 2 aliphatic rings. The van der Waals surface area contributed by atoms with Gasteiger partial charge in [-0.2, -0.15) is 10.2 Å². The molecule has 0 atom stereocenters. The number of hydrogen-bond acceptors (Lipinski definition) is 7. The van der Waals surface area contributed by atoms with Crippen molar-refractivity contribution in [2.75, 3.05) is 31.1 Å². The standard InChI is InChI=1S/C25H24ClN5O2S/c1-15(2)30-7-9-31(10-8-30)22-6-4-17(13-20(22)26)19-14-27-29-21-5-3-16(11-18(19)21)12-23-24(32)28-25(33)34-23/h3-6,11-15H,7-10H2,1-2H3,(H,28,32,33). The van der Waals surface area contributed by atoms with Crippen LogP contribution in [0.4, 0.5) is 10.5 Å². The van der Waals surface area contributed by atoms with E-state index in [1.165, 1.54) is 0 Å². The lowest BCUT2D eigenvalue weighted by atomic mass is 10.0. The van der Waals surface area contributed by atoms with Crippen LogP contribution in [0.2, 0.25) is 5.02 Å². The van der Waals surface area contributed by atoms with Crippen LogP contribution in [0, 0.1) is 0 Å². The number of nitrogens with one attached hydrogen (secondary N) is 1. The predicted octanol–water partition coefficient (Wildman–Crippen LogP) is 4.80. The summed E-state index contributed by atoms with van der Waals surface area (Å²) in [6, 6.07) is 12.3. The monoisotopic (exact) mass is 493 g/mol. The van der Waals surface area contributed by atoms with Crippen molar-refractivity contribution >= 4 is 57.2 Å². The molecular formula is C25H24ClN5O2S. The van der Waals surface area contributed by atoms with Gasteiger partial charge in [0.1, 0.15) is 0 Å². The smallest absolute Gasteiger partial charge is 0.290 e. The first-order valence-electron chi connectivity index (χ1n) is 11.2. The zero-order chi connectivity index (χ0) is 23.8. The Hall–Kier alpha value is -2.94. The molecule has 0 bridgehead atoms. The Balaban J connectivity index is 1.46. The Morgan fingerprint density at radius 1 is 1.09 bits per heavy atom. The van der Waals surface area contributed by atoms with Gasteiger partial charge in [-0.05, 0) is 67.1 Å². The average molecular weight is 494 g/mol. The molecule has 0 aliphatic carbocycles. The van der Waals surface area contributed by atoms with Crippen molar-refractivity contribution in [2.45, 2.75) is 19.9 Å². The number of amides is 2. The summed E-state index contributed by atoms with van der Waals surface area (Å²) in [5, 5.41) is 11.9. The van der Waals surface area contributed by atoms with E-state index in [0.29, 0.717) is 16.0 Å². The molecule has 5 rings (SSSR count). The number of nitrogens with zero attached hydrogens (tertiary/aromatic N) is 4. The largest absolute Gasteiger partial charge is 0.368 e. The van der Waals surface area contributed by atoms with Crippen LogP contribution in [0.25, 0.3) is 28.1 Å². The van der Waals surface area contributed by atoms with Gasteiger partial charge in [0.2, 0.25) is 0 Å². The second-order valence-electron chi connectivity index (χ2n) is 8.67. The fourth-order valence-corrected chi connectivity index (χ4v) is 5.36. The van der Waals surface area contributed by atoms with Crippen LogP contribution in [0.1, 0.15) is 19.4 Å². The first kappa shape index (κ1) is 22.8. The molecule has 2 saturated heterocycles. The summed E-state index contributed by atoms with van der Waals surface area (Å²) in [7, 11) is 0. The van der Waals surface area contributed by atoms with Crippen LogP contribution >= 0.6 is 23.4 Å². The van der Waals surface area contributed by atoms with Crippen LogP contribution in [-0.4, -0.2) is 58.5 Å². The second-order valence-corrected chi connectivity index (χ2v) is 10.1. The first-order valence-corrected chi connectivity index (χ1v) is 12.4. The summed E-state index contributed by atoms with van der Waals surface area (Å²) in [5.41, 5.74) is 4.44. The molecule has 1 N–H and O–H groups in total. The predicted molar refractivity (Wildman–Crippen MR) is 138 cm³/mol. The van der Waals surface area contributed by atoms with Crippen LogP contribution < -0.4 is 10.2 Å². The highest BCUT2D eigenvalue weighted by Gasteiger charge is 2.25.